The highest BCUT2D eigenvalue weighted by atomic mass is 16.2. The summed E-state index contributed by atoms with van der Waals surface area (Å²) in [5, 5.41) is 3.02. The van der Waals surface area contributed by atoms with Crippen molar-refractivity contribution in [3.63, 3.8) is 0 Å². The quantitative estimate of drug-likeness (QED) is 0.786. The second kappa shape index (κ2) is 6.78. The first-order chi connectivity index (χ1) is 12.7. The summed E-state index contributed by atoms with van der Waals surface area (Å²) in [6.45, 7) is 3.52. The fourth-order valence-corrected chi connectivity index (χ4v) is 3.63. The van der Waals surface area contributed by atoms with Crippen LogP contribution in [0.1, 0.15) is 30.7 Å². The molecule has 1 aromatic carbocycles. The van der Waals surface area contributed by atoms with Gasteiger partial charge in [0.15, 0.2) is 5.65 Å². The molecule has 134 valence electrons. The number of carbonyl (C=O) groups excluding carboxylic acids is 1. The lowest BCUT2D eigenvalue weighted by molar-refractivity contribution is 0.222. The fourth-order valence-electron chi connectivity index (χ4n) is 3.63. The molecule has 6 nitrogen and oxygen atoms in total. The van der Waals surface area contributed by atoms with E-state index < -0.39 is 0 Å². The number of hydrogen-bond donors (Lipinski definition) is 1. The number of amides is 2. The summed E-state index contributed by atoms with van der Waals surface area (Å²) < 4.78 is 2.05. The van der Waals surface area contributed by atoms with E-state index >= 15 is 0 Å². The lowest BCUT2D eigenvalue weighted by Gasteiger charge is -2.17. The summed E-state index contributed by atoms with van der Waals surface area (Å²) in [6.07, 6.45) is 3.66. The van der Waals surface area contributed by atoms with Gasteiger partial charge in [-0.2, -0.15) is 0 Å². The third-order valence-electron chi connectivity index (χ3n) is 5.09. The SMILES string of the molecule is CCc1cccc(NC(=O)N2CC[C@@H](c3nc4cccnc4n3C)C2)c1. The van der Waals surface area contributed by atoms with Crippen LogP contribution in [0.5, 0.6) is 0 Å². The molecule has 2 aromatic heterocycles. The maximum atomic E-state index is 12.6. The van der Waals surface area contributed by atoms with Crippen LogP contribution in [0.4, 0.5) is 10.5 Å². The summed E-state index contributed by atoms with van der Waals surface area (Å²) in [7, 11) is 2.00. The Labute approximate surface area is 152 Å². The van der Waals surface area contributed by atoms with Gasteiger partial charge in [0, 0.05) is 37.9 Å². The van der Waals surface area contributed by atoms with Crippen LogP contribution < -0.4 is 5.32 Å². The molecule has 0 spiro atoms. The van der Waals surface area contributed by atoms with Crippen molar-refractivity contribution in [2.45, 2.75) is 25.7 Å². The summed E-state index contributed by atoms with van der Waals surface area (Å²) in [6, 6.07) is 11.8. The molecule has 6 heteroatoms. The number of aromatic nitrogens is 3. The van der Waals surface area contributed by atoms with E-state index in [1.165, 1.54) is 5.56 Å². The maximum Gasteiger partial charge on any atom is 0.321 e. The highest BCUT2D eigenvalue weighted by Gasteiger charge is 2.30. The normalized spacial score (nSPS) is 17.0. The van der Waals surface area contributed by atoms with E-state index in [4.69, 9.17) is 4.98 Å². The molecule has 1 atom stereocenters. The standard InChI is InChI=1S/C20H23N5O/c1-3-14-6-4-7-16(12-14)22-20(26)25-11-9-15(13-25)18-23-17-8-5-10-21-19(17)24(18)2/h4-8,10,12,15H,3,9,11,13H2,1-2H3,(H,22,26)/t15-/m1/s1. The van der Waals surface area contributed by atoms with Gasteiger partial charge in [0.25, 0.3) is 0 Å². The monoisotopic (exact) mass is 349 g/mol. The van der Waals surface area contributed by atoms with Crippen molar-refractivity contribution in [2.75, 3.05) is 18.4 Å². The molecule has 0 bridgehead atoms. The molecule has 1 saturated heterocycles. The zero-order valence-corrected chi connectivity index (χ0v) is 15.1. The Morgan fingerprint density at radius 3 is 3.00 bits per heavy atom. The van der Waals surface area contributed by atoms with Gasteiger partial charge in [-0.1, -0.05) is 19.1 Å². The zero-order valence-electron chi connectivity index (χ0n) is 15.1. The van der Waals surface area contributed by atoms with Crippen LogP contribution in [0.15, 0.2) is 42.6 Å². The molecule has 0 saturated carbocycles. The predicted molar refractivity (Wildman–Crippen MR) is 102 cm³/mol. The number of benzene rings is 1. The smallest absolute Gasteiger partial charge is 0.321 e. The van der Waals surface area contributed by atoms with Gasteiger partial charge in [0.1, 0.15) is 11.3 Å². The molecule has 0 unspecified atom stereocenters. The van der Waals surface area contributed by atoms with E-state index in [1.54, 1.807) is 6.20 Å². The van der Waals surface area contributed by atoms with Gasteiger partial charge in [-0.25, -0.2) is 14.8 Å². The van der Waals surface area contributed by atoms with Crippen molar-refractivity contribution < 1.29 is 4.79 Å². The summed E-state index contributed by atoms with van der Waals surface area (Å²) in [5.41, 5.74) is 3.87. The number of nitrogens with one attached hydrogen (secondary N) is 1. The Morgan fingerprint density at radius 1 is 1.31 bits per heavy atom. The van der Waals surface area contributed by atoms with E-state index in [0.29, 0.717) is 6.54 Å². The number of fused-ring (bicyclic) bond motifs is 1. The molecule has 0 radical (unpaired) electrons. The van der Waals surface area contributed by atoms with Gasteiger partial charge >= 0.3 is 6.03 Å². The molecule has 3 heterocycles. The van der Waals surface area contributed by atoms with Crippen LogP contribution in [0.2, 0.25) is 0 Å². The number of likely N-dealkylation sites (tertiary alicyclic amines) is 1. The van der Waals surface area contributed by atoms with Crippen LogP contribution in [0.3, 0.4) is 0 Å². The van der Waals surface area contributed by atoms with Crippen molar-refractivity contribution in [1.82, 2.24) is 19.4 Å². The predicted octanol–water partition coefficient (Wildman–Crippen LogP) is 3.55. The lowest BCUT2D eigenvalue weighted by atomic mass is 10.1. The highest BCUT2D eigenvalue weighted by Crippen LogP contribution is 2.28. The lowest BCUT2D eigenvalue weighted by Crippen LogP contribution is -2.33. The maximum absolute atomic E-state index is 12.6. The van der Waals surface area contributed by atoms with Crippen molar-refractivity contribution in [3.8, 4) is 0 Å². The van der Waals surface area contributed by atoms with E-state index in [0.717, 1.165) is 42.1 Å². The first kappa shape index (κ1) is 16.6. The number of anilines is 1. The summed E-state index contributed by atoms with van der Waals surface area (Å²) in [5.74, 6) is 1.24. The number of urea groups is 1. The van der Waals surface area contributed by atoms with E-state index in [-0.39, 0.29) is 11.9 Å². The van der Waals surface area contributed by atoms with Crippen molar-refractivity contribution >= 4 is 22.9 Å². The molecule has 1 fully saturated rings. The van der Waals surface area contributed by atoms with Crippen LogP contribution in [0, 0.1) is 0 Å². The first-order valence-corrected chi connectivity index (χ1v) is 9.08. The zero-order chi connectivity index (χ0) is 18.1. The number of nitrogens with zero attached hydrogens (tertiary/aromatic N) is 4. The van der Waals surface area contributed by atoms with Gasteiger partial charge in [0.2, 0.25) is 0 Å². The van der Waals surface area contributed by atoms with Crippen LogP contribution in [-0.4, -0.2) is 38.6 Å². The highest BCUT2D eigenvalue weighted by molar-refractivity contribution is 5.89. The molecule has 26 heavy (non-hydrogen) atoms. The largest absolute Gasteiger partial charge is 0.324 e. The molecule has 4 rings (SSSR count). The van der Waals surface area contributed by atoms with Crippen molar-refractivity contribution in [1.29, 1.82) is 0 Å². The molecular weight excluding hydrogens is 326 g/mol. The fraction of sp³-hybridized carbons (Fsp3) is 0.350. The Balaban J connectivity index is 1.47. The molecule has 1 aliphatic heterocycles. The van der Waals surface area contributed by atoms with Gasteiger partial charge in [-0.3, -0.25) is 0 Å². The van der Waals surface area contributed by atoms with Crippen LogP contribution in [0.25, 0.3) is 11.2 Å². The minimum atomic E-state index is -0.0438. The Kier molecular flexibility index (Phi) is 4.32. The van der Waals surface area contributed by atoms with E-state index in [2.05, 4.69) is 23.3 Å². The van der Waals surface area contributed by atoms with Crippen molar-refractivity contribution in [2.24, 2.45) is 7.05 Å². The second-order valence-electron chi connectivity index (χ2n) is 6.79. The van der Waals surface area contributed by atoms with Crippen LogP contribution >= 0.6 is 0 Å². The third-order valence-corrected chi connectivity index (χ3v) is 5.09. The number of hydrogen-bond acceptors (Lipinski definition) is 3. The summed E-state index contributed by atoms with van der Waals surface area (Å²) in [4.78, 5) is 23.6. The number of rotatable bonds is 3. The van der Waals surface area contributed by atoms with Gasteiger partial charge in [-0.05, 0) is 42.7 Å². The molecular formula is C20H23N5O. The topological polar surface area (TPSA) is 63.1 Å². The van der Waals surface area contributed by atoms with E-state index in [1.807, 2.05) is 46.8 Å². The second-order valence-corrected chi connectivity index (χ2v) is 6.79. The Morgan fingerprint density at radius 2 is 2.19 bits per heavy atom. The average molecular weight is 349 g/mol. The molecule has 1 aliphatic rings. The van der Waals surface area contributed by atoms with Gasteiger partial charge < -0.3 is 14.8 Å². The number of imidazole rings is 1. The average Bonchev–Trinajstić information content (AvgIpc) is 3.27. The Hall–Kier alpha value is -2.89. The van der Waals surface area contributed by atoms with Gasteiger partial charge in [0.05, 0.1) is 0 Å². The molecule has 1 N–H and O–H groups in total. The molecule has 2 amide bonds. The first-order valence-electron chi connectivity index (χ1n) is 9.08. The minimum Gasteiger partial charge on any atom is -0.324 e. The summed E-state index contributed by atoms with van der Waals surface area (Å²) >= 11 is 0. The minimum absolute atomic E-state index is 0.0438. The van der Waals surface area contributed by atoms with Gasteiger partial charge in [-0.15, -0.1) is 0 Å². The van der Waals surface area contributed by atoms with E-state index in [9.17, 15) is 4.79 Å². The number of pyridine rings is 1. The number of aryl methyl sites for hydroxylation is 2. The van der Waals surface area contributed by atoms with Crippen LogP contribution in [-0.2, 0) is 13.5 Å². The molecule has 3 aromatic rings. The third kappa shape index (κ3) is 3.03. The number of carbonyl (C=O) groups is 1. The van der Waals surface area contributed by atoms with Crippen molar-refractivity contribution in [3.05, 3.63) is 54.0 Å². The molecule has 0 aliphatic carbocycles. The Bertz CT molecular complexity index is 948.